The van der Waals surface area contributed by atoms with Gasteiger partial charge in [-0.2, -0.15) is 4.31 Å². The zero-order valence-electron chi connectivity index (χ0n) is 19.2. The van der Waals surface area contributed by atoms with Crippen molar-refractivity contribution in [3.63, 3.8) is 0 Å². The molecular weight excluding hydrogens is 456 g/mol. The van der Waals surface area contributed by atoms with Crippen LogP contribution < -0.4 is 4.90 Å². The summed E-state index contributed by atoms with van der Waals surface area (Å²) in [5.74, 6) is 1.85. The van der Waals surface area contributed by atoms with Gasteiger partial charge >= 0.3 is 0 Å². The van der Waals surface area contributed by atoms with Gasteiger partial charge in [-0.05, 0) is 43.5 Å². The molecule has 0 radical (unpaired) electrons. The van der Waals surface area contributed by atoms with E-state index in [0.29, 0.717) is 36.9 Å². The summed E-state index contributed by atoms with van der Waals surface area (Å²) in [4.78, 5) is 12.3. The first-order valence-corrected chi connectivity index (χ1v) is 13.0. The van der Waals surface area contributed by atoms with Crippen LogP contribution in [0.25, 0.3) is 11.4 Å². The van der Waals surface area contributed by atoms with Crippen LogP contribution in [0.15, 0.2) is 59.5 Å². The van der Waals surface area contributed by atoms with Gasteiger partial charge in [0.1, 0.15) is 5.82 Å². The lowest BCUT2D eigenvalue weighted by Crippen LogP contribution is -2.35. The standard InChI is InChI=1S/C25H29ClN4O2S/c1-18(2)23-19(3)27-24(20-8-5-4-6-9-20)28-25(23)29-14-7-15-30(17-16-29)33(31,32)22-12-10-21(26)11-13-22/h4-6,8-13,18H,7,14-17H2,1-3H3. The molecule has 33 heavy (non-hydrogen) atoms. The van der Waals surface area contributed by atoms with E-state index in [1.807, 2.05) is 37.3 Å². The van der Waals surface area contributed by atoms with Crippen LogP contribution in [-0.2, 0) is 10.0 Å². The molecule has 8 heteroatoms. The van der Waals surface area contributed by atoms with Crippen molar-refractivity contribution in [2.75, 3.05) is 31.1 Å². The Labute approximate surface area is 201 Å². The zero-order valence-corrected chi connectivity index (χ0v) is 20.8. The molecule has 174 valence electrons. The molecule has 0 saturated carbocycles. The maximum atomic E-state index is 13.2. The number of aromatic nitrogens is 2. The van der Waals surface area contributed by atoms with E-state index in [4.69, 9.17) is 21.6 Å². The fraction of sp³-hybridized carbons (Fsp3) is 0.360. The van der Waals surface area contributed by atoms with Crippen molar-refractivity contribution < 1.29 is 8.42 Å². The highest BCUT2D eigenvalue weighted by Crippen LogP contribution is 2.32. The lowest BCUT2D eigenvalue weighted by molar-refractivity contribution is 0.433. The summed E-state index contributed by atoms with van der Waals surface area (Å²) in [6.45, 7) is 8.48. The van der Waals surface area contributed by atoms with Crippen molar-refractivity contribution in [2.24, 2.45) is 0 Å². The van der Waals surface area contributed by atoms with Crippen LogP contribution in [-0.4, -0.2) is 48.9 Å². The number of nitrogens with zero attached hydrogens (tertiary/aromatic N) is 4. The minimum Gasteiger partial charge on any atom is -0.355 e. The van der Waals surface area contributed by atoms with E-state index in [1.165, 1.54) is 0 Å². The summed E-state index contributed by atoms with van der Waals surface area (Å²) < 4.78 is 28.0. The van der Waals surface area contributed by atoms with Gasteiger partial charge in [0, 0.05) is 48.0 Å². The Morgan fingerprint density at radius 2 is 1.61 bits per heavy atom. The molecular formula is C25H29ClN4O2S. The highest BCUT2D eigenvalue weighted by molar-refractivity contribution is 7.89. The molecule has 3 aromatic rings. The summed E-state index contributed by atoms with van der Waals surface area (Å²) in [7, 11) is -3.58. The summed E-state index contributed by atoms with van der Waals surface area (Å²) in [6, 6.07) is 16.3. The van der Waals surface area contributed by atoms with E-state index in [2.05, 4.69) is 18.7 Å². The first-order valence-electron chi connectivity index (χ1n) is 11.2. The topological polar surface area (TPSA) is 66.4 Å². The third-order valence-electron chi connectivity index (χ3n) is 5.93. The van der Waals surface area contributed by atoms with Gasteiger partial charge in [0.05, 0.1) is 4.90 Å². The smallest absolute Gasteiger partial charge is 0.243 e. The van der Waals surface area contributed by atoms with Crippen LogP contribution in [0.1, 0.15) is 37.4 Å². The number of anilines is 1. The van der Waals surface area contributed by atoms with Gasteiger partial charge in [-0.15, -0.1) is 0 Å². The van der Waals surface area contributed by atoms with Gasteiger partial charge in [0.15, 0.2) is 5.82 Å². The molecule has 0 amide bonds. The van der Waals surface area contributed by atoms with Crippen LogP contribution in [0.5, 0.6) is 0 Å². The molecule has 0 bridgehead atoms. The Hall–Kier alpha value is -2.48. The van der Waals surface area contributed by atoms with Crippen LogP contribution >= 0.6 is 11.6 Å². The Morgan fingerprint density at radius 3 is 2.27 bits per heavy atom. The Kier molecular flexibility index (Phi) is 7.02. The number of sulfonamides is 1. The van der Waals surface area contributed by atoms with Gasteiger partial charge in [0.2, 0.25) is 10.0 Å². The number of benzene rings is 2. The molecule has 1 aromatic heterocycles. The van der Waals surface area contributed by atoms with Crippen LogP contribution in [0.3, 0.4) is 0 Å². The number of rotatable bonds is 5. The Balaban J connectivity index is 1.65. The van der Waals surface area contributed by atoms with E-state index < -0.39 is 10.0 Å². The predicted molar refractivity (Wildman–Crippen MR) is 133 cm³/mol. The van der Waals surface area contributed by atoms with Gasteiger partial charge in [-0.3, -0.25) is 0 Å². The number of hydrogen-bond acceptors (Lipinski definition) is 5. The minimum atomic E-state index is -3.58. The van der Waals surface area contributed by atoms with Crippen molar-refractivity contribution in [3.05, 3.63) is 70.9 Å². The second kappa shape index (κ2) is 9.79. The molecule has 1 saturated heterocycles. The average molecular weight is 485 g/mol. The van der Waals surface area contributed by atoms with E-state index in [1.54, 1.807) is 28.6 Å². The fourth-order valence-corrected chi connectivity index (χ4v) is 5.90. The van der Waals surface area contributed by atoms with Crippen LogP contribution in [0.2, 0.25) is 5.02 Å². The van der Waals surface area contributed by atoms with Crippen molar-refractivity contribution in [1.29, 1.82) is 0 Å². The minimum absolute atomic E-state index is 0.252. The lowest BCUT2D eigenvalue weighted by atomic mass is 10.0. The zero-order chi connectivity index (χ0) is 23.6. The quantitative estimate of drug-likeness (QED) is 0.502. The van der Waals surface area contributed by atoms with Crippen molar-refractivity contribution in [1.82, 2.24) is 14.3 Å². The molecule has 0 spiro atoms. The van der Waals surface area contributed by atoms with Gasteiger partial charge < -0.3 is 4.90 Å². The summed E-state index contributed by atoms with van der Waals surface area (Å²) >= 11 is 5.94. The number of aryl methyl sites for hydroxylation is 1. The second-order valence-corrected chi connectivity index (χ2v) is 11.0. The van der Waals surface area contributed by atoms with Crippen LogP contribution in [0.4, 0.5) is 5.82 Å². The molecule has 1 aliphatic heterocycles. The van der Waals surface area contributed by atoms with Crippen molar-refractivity contribution in [2.45, 2.75) is 38.0 Å². The van der Waals surface area contributed by atoms with E-state index in [9.17, 15) is 8.42 Å². The van der Waals surface area contributed by atoms with Gasteiger partial charge in [0.25, 0.3) is 0 Å². The summed E-state index contributed by atoms with van der Waals surface area (Å²) in [5, 5.41) is 0.519. The first kappa shape index (κ1) is 23.7. The average Bonchev–Trinajstić information content (AvgIpc) is 3.06. The third-order valence-corrected chi connectivity index (χ3v) is 8.10. The molecule has 0 unspecified atom stereocenters. The largest absolute Gasteiger partial charge is 0.355 e. The maximum absolute atomic E-state index is 13.2. The molecule has 1 aliphatic rings. The molecule has 4 rings (SSSR count). The summed E-state index contributed by atoms with van der Waals surface area (Å²) in [6.07, 6.45) is 0.716. The highest BCUT2D eigenvalue weighted by atomic mass is 35.5. The monoisotopic (exact) mass is 484 g/mol. The Bertz CT molecular complexity index is 1220. The molecule has 1 fully saturated rings. The molecule has 0 aliphatic carbocycles. The van der Waals surface area contributed by atoms with Crippen molar-refractivity contribution >= 4 is 27.4 Å². The van der Waals surface area contributed by atoms with Gasteiger partial charge in [-0.25, -0.2) is 18.4 Å². The lowest BCUT2D eigenvalue weighted by Gasteiger charge is -2.27. The predicted octanol–water partition coefficient (Wildman–Crippen LogP) is 5.13. The number of hydrogen-bond donors (Lipinski definition) is 0. The molecule has 0 N–H and O–H groups in total. The molecule has 2 aromatic carbocycles. The van der Waals surface area contributed by atoms with E-state index >= 15 is 0 Å². The van der Waals surface area contributed by atoms with Crippen LogP contribution in [0, 0.1) is 6.92 Å². The van der Waals surface area contributed by atoms with Crippen molar-refractivity contribution in [3.8, 4) is 11.4 Å². The molecule has 0 atom stereocenters. The molecule has 2 heterocycles. The van der Waals surface area contributed by atoms with E-state index in [-0.39, 0.29) is 10.8 Å². The highest BCUT2D eigenvalue weighted by Gasteiger charge is 2.29. The third kappa shape index (κ3) is 5.05. The SMILES string of the molecule is Cc1nc(-c2ccccc2)nc(N2CCCN(S(=O)(=O)c3ccc(Cl)cc3)CC2)c1C(C)C. The fourth-order valence-electron chi connectivity index (χ4n) is 4.30. The maximum Gasteiger partial charge on any atom is 0.243 e. The van der Waals surface area contributed by atoms with E-state index in [0.717, 1.165) is 29.2 Å². The second-order valence-electron chi connectivity index (χ2n) is 8.59. The van der Waals surface area contributed by atoms with Gasteiger partial charge in [-0.1, -0.05) is 55.8 Å². The Morgan fingerprint density at radius 1 is 0.909 bits per heavy atom. The summed E-state index contributed by atoms with van der Waals surface area (Å²) in [5.41, 5.74) is 3.05. The normalized spacial score (nSPS) is 15.6. The first-order chi connectivity index (χ1) is 15.8. The molecule has 6 nitrogen and oxygen atoms in total. The number of halogens is 1.